The maximum Gasteiger partial charge on any atom is 0.329 e. The molecule has 0 fully saturated rings. The van der Waals surface area contributed by atoms with E-state index in [1.165, 1.54) is 30.2 Å². The van der Waals surface area contributed by atoms with Gasteiger partial charge in [-0.1, -0.05) is 22.8 Å². The number of esters is 1. The van der Waals surface area contributed by atoms with Crippen LogP contribution in [0, 0.1) is 0 Å². The van der Waals surface area contributed by atoms with Crippen molar-refractivity contribution in [1.29, 1.82) is 0 Å². The highest BCUT2D eigenvalue weighted by atomic mass is 35.5. The summed E-state index contributed by atoms with van der Waals surface area (Å²) in [6.45, 7) is 11.4. The number of ether oxygens (including phenoxy) is 3. The Labute approximate surface area is 216 Å². The molecule has 0 N–H and O–H groups in total. The zero-order valence-electron chi connectivity index (χ0n) is 21.8. The number of carbonyl (C=O) groups excluding carboxylic acids is 1. The van der Waals surface area contributed by atoms with Gasteiger partial charge in [-0.05, 0) is 59.2 Å². The third kappa shape index (κ3) is 6.98. The van der Waals surface area contributed by atoms with Crippen LogP contribution in [0.15, 0.2) is 52.1 Å². The van der Waals surface area contributed by atoms with E-state index in [0.29, 0.717) is 33.2 Å². The van der Waals surface area contributed by atoms with Crippen molar-refractivity contribution in [2.75, 3.05) is 13.7 Å². The van der Waals surface area contributed by atoms with E-state index >= 15 is 0 Å². The van der Waals surface area contributed by atoms with Gasteiger partial charge in [-0.3, -0.25) is 9.36 Å². The van der Waals surface area contributed by atoms with Crippen LogP contribution >= 0.6 is 11.6 Å². The largest absolute Gasteiger partial charge is 0.495 e. The Hall–Kier alpha value is -3.10. The maximum absolute atomic E-state index is 13.4. The standard InChI is InChI=1S/C27H33ClN2O6/c1-26(2,3)34-12-11-22(25(32)36-27(4,5)6)30-16-23(33-7)20(15-24(30)31)19-14-17(28)8-9-18(19)21-10-13-35-29-21/h8-10,13-16,22H,11-12H2,1-7H3. The van der Waals surface area contributed by atoms with Crippen molar-refractivity contribution in [3.05, 3.63) is 58.2 Å². The Kier molecular flexibility index (Phi) is 8.31. The first-order chi connectivity index (χ1) is 16.8. The molecule has 1 aromatic carbocycles. The summed E-state index contributed by atoms with van der Waals surface area (Å²) in [5.41, 5.74) is 0.930. The fourth-order valence-corrected chi connectivity index (χ4v) is 3.85. The highest BCUT2D eigenvalue weighted by Crippen LogP contribution is 2.38. The number of halogens is 1. The molecule has 1 atom stereocenters. The lowest BCUT2D eigenvalue weighted by Gasteiger charge is -2.27. The van der Waals surface area contributed by atoms with E-state index in [1.54, 1.807) is 45.0 Å². The molecular weight excluding hydrogens is 484 g/mol. The summed E-state index contributed by atoms with van der Waals surface area (Å²) in [7, 11) is 1.50. The summed E-state index contributed by atoms with van der Waals surface area (Å²) in [5, 5.41) is 4.50. The van der Waals surface area contributed by atoms with E-state index in [2.05, 4.69) is 5.16 Å². The Morgan fingerprint density at radius 1 is 1.06 bits per heavy atom. The Bertz CT molecular complexity index is 1250. The smallest absolute Gasteiger partial charge is 0.329 e. The lowest BCUT2D eigenvalue weighted by atomic mass is 9.97. The average Bonchev–Trinajstić information content (AvgIpc) is 3.29. The van der Waals surface area contributed by atoms with Crippen LogP contribution in [0.2, 0.25) is 5.02 Å². The number of carbonyl (C=O) groups is 1. The van der Waals surface area contributed by atoms with E-state index in [1.807, 2.05) is 20.8 Å². The Morgan fingerprint density at radius 2 is 1.78 bits per heavy atom. The van der Waals surface area contributed by atoms with Crippen LogP contribution in [0.1, 0.15) is 54.0 Å². The molecule has 9 heteroatoms. The average molecular weight is 517 g/mol. The quantitative estimate of drug-likeness (QED) is 0.343. The molecular formula is C27H33ClN2O6. The molecule has 2 aromatic heterocycles. The predicted molar refractivity (Wildman–Crippen MR) is 138 cm³/mol. The monoisotopic (exact) mass is 516 g/mol. The number of hydrogen-bond donors (Lipinski definition) is 0. The van der Waals surface area contributed by atoms with Gasteiger partial charge in [0.15, 0.2) is 0 Å². The molecule has 0 bridgehead atoms. The van der Waals surface area contributed by atoms with Gasteiger partial charge >= 0.3 is 5.97 Å². The summed E-state index contributed by atoms with van der Waals surface area (Å²) in [6, 6.07) is 7.50. The molecule has 1 unspecified atom stereocenters. The van der Waals surface area contributed by atoms with Gasteiger partial charge in [-0.25, -0.2) is 4.79 Å². The normalized spacial score (nSPS) is 12.9. The molecule has 0 saturated carbocycles. The third-order valence-electron chi connectivity index (χ3n) is 5.19. The zero-order valence-corrected chi connectivity index (χ0v) is 22.5. The second-order valence-corrected chi connectivity index (χ2v) is 10.8. The van der Waals surface area contributed by atoms with E-state index in [-0.39, 0.29) is 13.0 Å². The molecule has 0 saturated heterocycles. The first kappa shape index (κ1) is 27.5. The van der Waals surface area contributed by atoms with Crippen LogP contribution < -0.4 is 10.3 Å². The molecule has 0 aliphatic carbocycles. The first-order valence-electron chi connectivity index (χ1n) is 11.7. The molecule has 0 spiro atoms. The van der Waals surface area contributed by atoms with Crippen molar-refractivity contribution in [2.24, 2.45) is 0 Å². The molecule has 2 heterocycles. The minimum absolute atomic E-state index is 0.246. The van der Waals surface area contributed by atoms with Crippen LogP contribution in [0.3, 0.4) is 0 Å². The number of methoxy groups -OCH3 is 1. The molecule has 0 radical (unpaired) electrons. The fraction of sp³-hybridized carbons (Fsp3) is 0.444. The van der Waals surface area contributed by atoms with Crippen LogP contribution in [0.4, 0.5) is 0 Å². The number of aromatic nitrogens is 2. The first-order valence-corrected chi connectivity index (χ1v) is 12.0. The number of benzene rings is 1. The summed E-state index contributed by atoms with van der Waals surface area (Å²) >= 11 is 6.30. The van der Waals surface area contributed by atoms with Gasteiger partial charge in [-0.2, -0.15) is 0 Å². The van der Waals surface area contributed by atoms with Gasteiger partial charge < -0.3 is 18.7 Å². The number of pyridine rings is 1. The van der Waals surface area contributed by atoms with Crippen molar-refractivity contribution < 1.29 is 23.5 Å². The summed E-state index contributed by atoms with van der Waals surface area (Å²) in [4.78, 5) is 26.6. The molecule has 0 aliphatic rings. The molecule has 0 amide bonds. The van der Waals surface area contributed by atoms with Gasteiger partial charge in [0.2, 0.25) is 0 Å². The van der Waals surface area contributed by atoms with Crippen molar-refractivity contribution in [3.8, 4) is 28.1 Å². The van der Waals surface area contributed by atoms with Crippen LogP contribution in [-0.2, 0) is 14.3 Å². The summed E-state index contributed by atoms with van der Waals surface area (Å²) in [6.07, 6.45) is 3.24. The minimum atomic E-state index is -0.906. The molecule has 194 valence electrons. The number of hydrogen-bond acceptors (Lipinski definition) is 7. The van der Waals surface area contributed by atoms with Crippen LogP contribution in [-0.4, -0.2) is 40.6 Å². The fourth-order valence-electron chi connectivity index (χ4n) is 3.68. The van der Waals surface area contributed by atoms with Crippen molar-refractivity contribution in [3.63, 3.8) is 0 Å². The van der Waals surface area contributed by atoms with Crippen molar-refractivity contribution in [1.82, 2.24) is 9.72 Å². The predicted octanol–water partition coefficient (Wildman–Crippen LogP) is 5.92. The summed E-state index contributed by atoms with van der Waals surface area (Å²) in [5.74, 6) is -0.144. The van der Waals surface area contributed by atoms with Crippen LogP contribution in [0.25, 0.3) is 22.4 Å². The SMILES string of the molecule is COc1cn(C(CCOC(C)(C)C)C(=O)OC(C)(C)C)c(=O)cc1-c1cc(Cl)ccc1-c1ccon1. The molecule has 0 aliphatic heterocycles. The molecule has 3 aromatic rings. The van der Waals surface area contributed by atoms with E-state index < -0.39 is 28.8 Å². The van der Waals surface area contributed by atoms with Gasteiger partial charge in [0.25, 0.3) is 5.56 Å². The highest BCUT2D eigenvalue weighted by Gasteiger charge is 2.29. The second kappa shape index (κ2) is 10.9. The Balaban J connectivity index is 2.10. The van der Waals surface area contributed by atoms with E-state index in [9.17, 15) is 9.59 Å². The van der Waals surface area contributed by atoms with Gasteiger partial charge in [0.05, 0.1) is 18.9 Å². The summed E-state index contributed by atoms with van der Waals surface area (Å²) < 4.78 is 23.5. The van der Waals surface area contributed by atoms with E-state index in [0.717, 1.165) is 0 Å². The van der Waals surface area contributed by atoms with Crippen LogP contribution in [0.5, 0.6) is 5.75 Å². The van der Waals surface area contributed by atoms with Gasteiger partial charge in [0.1, 0.15) is 29.3 Å². The number of nitrogens with zero attached hydrogens (tertiary/aromatic N) is 2. The van der Waals surface area contributed by atoms with Gasteiger partial charge in [0, 0.05) is 41.3 Å². The topological polar surface area (TPSA) is 92.8 Å². The molecule has 36 heavy (non-hydrogen) atoms. The van der Waals surface area contributed by atoms with E-state index in [4.69, 9.17) is 30.3 Å². The third-order valence-corrected chi connectivity index (χ3v) is 5.43. The maximum atomic E-state index is 13.4. The number of rotatable bonds is 8. The van der Waals surface area contributed by atoms with Gasteiger partial charge in [-0.15, -0.1) is 0 Å². The van der Waals surface area contributed by atoms with Crippen molar-refractivity contribution in [2.45, 2.75) is 65.2 Å². The molecule has 3 rings (SSSR count). The molecule has 8 nitrogen and oxygen atoms in total. The Morgan fingerprint density at radius 3 is 2.36 bits per heavy atom. The second-order valence-electron chi connectivity index (χ2n) is 10.4. The lowest BCUT2D eigenvalue weighted by molar-refractivity contribution is -0.160. The minimum Gasteiger partial charge on any atom is -0.495 e. The highest BCUT2D eigenvalue weighted by molar-refractivity contribution is 6.31. The zero-order chi connectivity index (χ0) is 26.7. The lowest BCUT2D eigenvalue weighted by Crippen LogP contribution is -2.36. The van der Waals surface area contributed by atoms with Crippen molar-refractivity contribution >= 4 is 17.6 Å².